The number of benzene rings is 2. The Morgan fingerprint density at radius 3 is 2.48 bits per heavy atom. The van der Waals surface area contributed by atoms with Crippen LogP contribution in [0.4, 0.5) is 5.95 Å². The van der Waals surface area contributed by atoms with E-state index in [-0.39, 0.29) is 22.1 Å². The Hall–Kier alpha value is -3.46. The number of rotatable bonds is 5. The van der Waals surface area contributed by atoms with Crippen molar-refractivity contribution in [2.24, 2.45) is 0 Å². The summed E-state index contributed by atoms with van der Waals surface area (Å²) >= 11 is 0. The van der Waals surface area contributed by atoms with Gasteiger partial charge in [0.2, 0.25) is 5.95 Å². The number of nitrogens with two attached hydrogens (primary N) is 1. The standard InChI is InChI=1S/C18H16N4O4S/c1-12-16(11-20-18(19)21-12)17(23)22-27(24,25)15-9-5-8-14(10-15)26-13-6-3-2-4-7-13/h2-11H,1H3,(H,22,23)(H2,19,20,21). The van der Waals surface area contributed by atoms with Crippen molar-refractivity contribution in [2.75, 3.05) is 5.73 Å². The summed E-state index contributed by atoms with van der Waals surface area (Å²) in [7, 11) is -4.12. The molecule has 0 aliphatic rings. The third kappa shape index (κ3) is 4.39. The van der Waals surface area contributed by atoms with E-state index in [1.807, 2.05) is 10.8 Å². The molecule has 1 amide bonds. The molecule has 27 heavy (non-hydrogen) atoms. The molecule has 0 atom stereocenters. The molecule has 1 aromatic heterocycles. The van der Waals surface area contributed by atoms with Crippen LogP contribution in [0.1, 0.15) is 16.1 Å². The molecule has 0 aliphatic carbocycles. The number of aryl methyl sites for hydroxylation is 1. The number of hydrogen-bond donors (Lipinski definition) is 2. The number of para-hydroxylation sites is 1. The Labute approximate surface area is 156 Å². The summed E-state index contributed by atoms with van der Waals surface area (Å²) in [5.74, 6) is 0.0359. The first-order valence-electron chi connectivity index (χ1n) is 7.84. The fourth-order valence-electron chi connectivity index (χ4n) is 2.27. The Bertz CT molecular complexity index is 1090. The second-order valence-corrected chi connectivity index (χ2v) is 7.23. The van der Waals surface area contributed by atoms with Crippen LogP contribution in [0.3, 0.4) is 0 Å². The summed E-state index contributed by atoms with van der Waals surface area (Å²) in [6.45, 7) is 1.54. The summed E-state index contributed by atoms with van der Waals surface area (Å²) in [4.78, 5) is 19.8. The lowest BCUT2D eigenvalue weighted by Gasteiger charge is -2.10. The van der Waals surface area contributed by atoms with E-state index in [1.165, 1.54) is 31.3 Å². The number of amides is 1. The van der Waals surface area contributed by atoms with Gasteiger partial charge in [0.05, 0.1) is 16.2 Å². The zero-order valence-electron chi connectivity index (χ0n) is 14.3. The molecule has 2 aromatic carbocycles. The first-order valence-corrected chi connectivity index (χ1v) is 9.33. The molecule has 0 saturated heterocycles. The van der Waals surface area contributed by atoms with Crippen LogP contribution in [0.15, 0.2) is 65.7 Å². The van der Waals surface area contributed by atoms with Crippen molar-refractivity contribution in [3.8, 4) is 11.5 Å². The number of anilines is 1. The topological polar surface area (TPSA) is 124 Å². The third-order valence-corrected chi connectivity index (χ3v) is 4.89. The molecule has 0 saturated carbocycles. The molecule has 0 fully saturated rings. The second kappa shape index (κ2) is 7.42. The zero-order chi connectivity index (χ0) is 19.4. The van der Waals surface area contributed by atoms with Crippen LogP contribution in [-0.2, 0) is 10.0 Å². The van der Waals surface area contributed by atoms with Crippen molar-refractivity contribution >= 4 is 21.9 Å². The average Bonchev–Trinajstić information content (AvgIpc) is 2.62. The molecule has 9 heteroatoms. The number of sulfonamides is 1. The van der Waals surface area contributed by atoms with Crippen LogP contribution in [0.25, 0.3) is 0 Å². The lowest BCUT2D eigenvalue weighted by atomic mass is 10.2. The van der Waals surface area contributed by atoms with Gasteiger partial charge in [-0.2, -0.15) is 0 Å². The van der Waals surface area contributed by atoms with Gasteiger partial charge in [0.25, 0.3) is 15.9 Å². The van der Waals surface area contributed by atoms with Gasteiger partial charge < -0.3 is 10.5 Å². The summed E-state index contributed by atoms with van der Waals surface area (Å²) in [5, 5.41) is 0. The first kappa shape index (κ1) is 18.3. The smallest absolute Gasteiger partial charge is 0.268 e. The largest absolute Gasteiger partial charge is 0.457 e. The SMILES string of the molecule is Cc1nc(N)ncc1C(=O)NS(=O)(=O)c1cccc(Oc2ccccc2)c1. The highest BCUT2D eigenvalue weighted by molar-refractivity contribution is 7.90. The van der Waals surface area contributed by atoms with Crippen LogP contribution in [-0.4, -0.2) is 24.3 Å². The van der Waals surface area contributed by atoms with Crippen molar-refractivity contribution in [1.29, 1.82) is 0 Å². The highest BCUT2D eigenvalue weighted by Gasteiger charge is 2.21. The monoisotopic (exact) mass is 384 g/mol. The van der Waals surface area contributed by atoms with Crippen molar-refractivity contribution in [1.82, 2.24) is 14.7 Å². The summed E-state index contributed by atoms with van der Waals surface area (Å²) < 4.78 is 32.7. The predicted octanol–water partition coefficient (Wildman–Crippen LogP) is 2.28. The number of hydrogen-bond acceptors (Lipinski definition) is 7. The van der Waals surface area contributed by atoms with E-state index in [0.717, 1.165) is 0 Å². The van der Waals surface area contributed by atoms with Gasteiger partial charge >= 0.3 is 0 Å². The molecule has 8 nitrogen and oxygen atoms in total. The van der Waals surface area contributed by atoms with Gasteiger partial charge in [-0.3, -0.25) is 4.79 Å². The Kier molecular flexibility index (Phi) is 5.04. The van der Waals surface area contributed by atoms with Crippen molar-refractivity contribution in [2.45, 2.75) is 11.8 Å². The Balaban J connectivity index is 1.82. The highest BCUT2D eigenvalue weighted by Crippen LogP contribution is 2.23. The number of nitrogen functional groups attached to an aromatic ring is 1. The number of ether oxygens (including phenoxy) is 1. The highest BCUT2D eigenvalue weighted by atomic mass is 32.2. The minimum atomic E-state index is -4.12. The molecule has 3 aromatic rings. The summed E-state index contributed by atoms with van der Waals surface area (Å²) in [6, 6.07) is 14.8. The molecule has 0 aliphatic heterocycles. The third-order valence-electron chi connectivity index (χ3n) is 3.56. The predicted molar refractivity (Wildman–Crippen MR) is 98.8 cm³/mol. The van der Waals surface area contributed by atoms with E-state index in [0.29, 0.717) is 11.5 Å². The van der Waals surface area contributed by atoms with Crippen LogP contribution in [0.5, 0.6) is 11.5 Å². The molecule has 3 N–H and O–H groups in total. The first-order chi connectivity index (χ1) is 12.8. The Morgan fingerprint density at radius 2 is 1.78 bits per heavy atom. The minimum absolute atomic E-state index is 0.00216. The van der Waals surface area contributed by atoms with Crippen LogP contribution in [0, 0.1) is 6.92 Å². The summed E-state index contributed by atoms with van der Waals surface area (Å²) in [5.41, 5.74) is 5.73. The molecule has 1 heterocycles. The number of aromatic nitrogens is 2. The molecule has 138 valence electrons. The lowest BCUT2D eigenvalue weighted by Crippen LogP contribution is -2.31. The van der Waals surface area contributed by atoms with E-state index in [4.69, 9.17) is 10.5 Å². The normalized spacial score (nSPS) is 11.0. The van der Waals surface area contributed by atoms with Gasteiger partial charge in [-0.15, -0.1) is 0 Å². The van der Waals surface area contributed by atoms with Gasteiger partial charge in [0.1, 0.15) is 11.5 Å². The number of nitrogens with zero attached hydrogens (tertiary/aromatic N) is 2. The van der Waals surface area contributed by atoms with Crippen LogP contribution < -0.4 is 15.2 Å². The van der Waals surface area contributed by atoms with Gasteiger partial charge in [0.15, 0.2) is 0 Å². The van der Waals surface area contributed by atoms with Gasteiger partial charge in [0, 0.05) is 12.3 Å². The van der Waals surface area contributed by atoms with Crippen molar-refractivity contribution < 1.29 is 17.9 Å². The van der Waals surface area contributed by atoms with E-state index in [1.54, 1.807) is 30.3 Å². The fourth-order valence-corrected chi connectivity index (χ4v) is 3.27. The van der Waals surface area contributed by atoms with E-state index in [2.05, 4.69) is 9.97 Å². The molecule has 0 spiro atoms. The zero-order valence-corrected chi connectivity index (χ0v) is 15.1. The molecule has 3 rings (SSSR count). The molecular formula is C18H16N4O4S. The van der Waals surface area contributed by atoms with Crippen LogP contribution >= 0.6 is 0 Å². The maximum atomic E-state index is 12.5. The molecule has 0 bridgehead atoms. The van der Waals surface area contributed by atoms with Gasteiger partial charge in [-0.25, -0.2) is 23.1 Å². The number of nitrogens with one attached hydrogen (secondary N) is 1. The van der Waals surface area contributed by atoms with Crippen LogP contribution in [0.2, 0.25) is 0 Å². The van der Waals surface area contributed by atoms with E-state index in [9.17, 15) is 13.2 Å². The van der Waals surface area contributed by atoms with E-state index < -0.39 is 15.9 Å². The van der Waals surface area contributed by atoms with E-state index >= 15 is 0 Å². The number of carbonyl (C=O) groups is 1. The summed E-state index contributed by atoms with van der Waals surface area (Å²) in [6.07, 6.45) is 1.18. The quantitative estimate of drug-likeness (QED) is 0.691. The maximum Gasteiger partial charge on any atom is 0.268 e. The van der Waals surface area contributed by atoms with Crippen molar-refractivity contribution in [3.05, 3.63) is 72.1 Å². The molecular weight excluding hydrogens is 368 g/mol. The molecule has 0 radical (unpaired) electrons. The molecule has 0 unspecified atom stereocenters. The average molecular weight is 384 g/mol. The Morgan fingerprint density at radius 1 is 1.07 bits per heavy atom. The minimum Gasteiger partial charge on any atom is -0.457 e. The lowest BCUT2D eigenvalue weighted by molar-refractivity contribution is 0.0980. The van der Waals surface area contributed by atoms with Gasteiger partial charge in [-0.1, -0.05) is 24.3 Å². The number of carbonyl (C=O) groups excluding carboxylic acids is 1. The van der Waals surface area contributed by atoms with Crippen molar-refractivity contribution in [3.63, 3.8) is 0 Å². The second-order valence-electron chi connectivity index (χ2n) is 5.55. The fraction of sp³-hybridized carbons (Fsp3) is 0.0556. The van der Waals surface area contributed by atoms with Gasteiger partial charge in [-0.05, 0) is 31.2 Å². The maximum absolute atomic E-state index is 12.5.